The predicted molar refractivity (Wildman–Crippen MR) is 121 cm³/mol. The van der Waals surface area contributed by atoms with Crippen LogP contribution < -0.4 is 9.64 Å². The van der Waals surface area contributed by atoms with Crippen molar-refractivity contribution in [3.05, 3.63) is 65.9 Å². The first kappa shape index (κ1) is 18.9. The lowest BCUT2D eigenvalue weighted by atomic mass is 9.98. The van der Waals surface area contributed by atoms with Gasteiger partial charge in [-0.3, -0.25) is 9.69 Å². The molecule has 0 aliphatic carbocycles. The lowest BCUT2D eigenvalue weighted by Gasteiger charge is -2.27. The van der Waals surface area contributed by atoms with Crippen molar-refractivity contribution in [2.45, 2.75) is 19.3 Å². The van der Waals surface area contributed by atoms with Crippen LogP contribution in [0.2, 0.25) is 0 Å². The van der Waals surface area contributed by atoms with Crippen LogP contribution >= 0.6 is 0 Å². The third-order valence-electron chi connectivity index (χ3n) is 6.36. The molecule has 154 valence electrons. The number of rotatable bonds is 5. The Morgan fingerprint density at radius 3 is 2.87 bits per heavy atom. The number of para-hydroxylation sites is 1. The molecule has 0 atom stereocenters. The van der Waals surface area contributed by atoms with Crippen molar-refractivity contribution in [1.29, 1.82) is 0 Å². The molecule has 3 aromatic rings. The summed E-state index contributed by atoms with van der Waals surface area (Å²) < 4.78 is 5.39. The Kier molecular flexibility index (Phi) is 5.05. The van der Waals surface area contributed by atoms with Gasteiger partial charge < -0.3 is 14.6 Å². The minimum atomic E-state index is 0.235. The average Bonchev–Trinajstić information content (AvgIpc) is 3.42. The molecule has 3 heterocycles. The molecule has 2 aliphatic heterocycles. The highest BCUT2D eigenvalue weighted by atomic mass is 16.5. The topological polar surface area (TPSA) is 48.6 Å². The van der Waals surface area contributed by atoms with Crippen LogP contribution in [0.1, 0.15) is 24.0 Å². The summed E-state index contributed by atoms with van der Waals surface area (Å²) in [6, 6.07) is 14.4. The highest BCUT2D eigenvalue weighted by Crippen LogP contribution is 2.32. The lowest BCUT2D eigenvalue weighted by molar-refractivity contribution is -0.118. The number of nitrogens with zero attached hydrogens (tertiary/aromatic N) is 2. The molecule has 1 aromatic heterocycles. The van der Waals surface area contributed by atoms with E-state index in [1.807, 2.05) is 23.1 Å². The van der Waals surface area contributed by atoms with Gasteiger partial charge in [0.15, 0.2) is 0 Å². The fourth-order valence-electron chi connectivity index (χ4n) is 4.64. The van der Waals surface area contributed by atoms with Gasteiger partial charge in [0.1, 0.15) is 5.75 Å². The van der Waals surface area contributed by atoms with E-state index in [2.05, 4.69) is 46.4 Å². The summed E-state index contributed by atoms with van der Waals surface area (Å²) in [4.78, 5) is 20.5. The number of carbonyl (C=O) groups is 1. The summed E-state index contributed by atoms with van der Waals surface area (Å²) >= 11 is 0. The largest absolute Gasteiger partial charge is 0.497 e. The summed E-state index contributed by atoms with van der Waals surface area (Å²) in [5, 5.41) is 1.21. The van der Waals surface area contributed by atoms with Gasteiger partial charge in [0.25, 0.3) is 0 Å². The number of carbonyl (C=O) groups excluding carboxylic acids is 1. The number of H-pyrrole nitrogens is 1. The fourth-order valence-corrected chi connectivity index (χ4v) is 4.64. The molecule has 0 fully saturated rings. The number of aromatic amines is 1. The van der Waals surface area contributed by atoms with Gasteiger partial charge in [-0.15, -0.1) is 0 Å². The number of benzene rings is 2. The first-order valence-electron chi connectivity index (χ1n) is 10.7. The predicted octanol–water partition coefficient (Wildman–Crippen LogP) is 4.25. The zero-order chi connectivity index (χ0) is 20.5. The van der Waals surface area contributed by atoms with Crippen molar-refractivity contribution >= 4 is 28.1 Å². The van der Waals surface area contributed by atoms with Crippen LogP contribution in [-0.4, -0.2) is 49.1 Å². The maximum Gasteiger partial charge on any atom is 0.228 e. The van der Waals surface area contributed by atoms with Crippen LogP contribution in [-0.2, 0) is 11.2 Å². The molecule has 2 aliphatic rings. The Morgan fingerprint density at radius 1 is 1.13 bits per heavy atom. The molecule has 0 saturated heterocycles. The zero-order valence-electron chi connectivity index (χ0n) is 17.4. The SMILES string of the molecule is COc1ccc2[nH]cc(C3=CCN(CCC(=O)N4CCc5ccccc54)CC3)c2c1. The molecule has 0 spiro atoms. The van der Waals surface area contributed by atoms with Crippen LogP contribution in [0, 0.1) is 0 Å². The molecule has 2 aromatic carbocycles. The van der Waals surface area contributed by atoms with Crippen LogP contribution in [0.4, 0.5) is 5.69 Å². The maximum absolute atomic E-state index is 12.8. The van der Waals surface area contributed by atoms with Crippen LogP contribution in [0.5, 0.6) is 5.75 Å². The van der Waals surface area contributed by atoms with Crippen molar-refractivity contribution in [2.24, 2.45) is 0 Å². The number of amides is 1. The first-order valence-corrected chi connectivity index (χ1v) is 10.7. The maximum atomic E-state index is 12.8. The Morgan fingerprint density at radius 2 is 2.03 bits per heavy atom. The molecule has 5 nitrogen and oxygen atoms in total. The quantitative estimate of drug-likeness (QED) is 0.696. The zero-order valence-corrected chi connectivity index (χ0v) is 17.4. The summed E-state index contributed by atoms with van der Waals surface area (Å²) in [5.74, 6) is 1.11. The Labute approximate surface area is 176 Å². The molecule has 30 heavy (non-hydrogen) atoms. The summed E-state index contributed by atoms with van der Waals surface area (Å²) in [6.07, 6.45) is 6.93. The number of hydrogen-bond acceptors (Lipinski definition) is 3. The van der Waals surface area contributed by atoms with E-state index in [9.17, 15) is 4.79 Å². The standard InChI is InChI=1S/C25H27N3O2/c1-30-20-6-7-23-21(16-20)22(17-26-23)18-8-12-27(13-9-18)14-11-25(29)28-15-10-19-4-2-3-5-24(19)28/h2-8,16-17,26H,9-15H2,1H3. The summed E-state index contributed by atoms with van der Waals surface area (Å²) in [7, 11) is 1.70. The molecular weight excluding hydrogens is 374 g/mol. The molecule has 1 amide bonds. The monoisotopic (exact) mass is 401 g/mol. The van der Waals surface area contributed by atoms with E-state index in [-0.39, 0.29) is 5.91 Å². The molecule has 0 unspecified atom stereocenters. The molecular formula is C25H27N3O2. The van der Waals surface area contributed by atoms with Crippen LogP contribution in [0.15, 0.2) is 54.7 Å². The third kappa shape index (κ3) is 3.50. The smallest absolute Gasteiger partial charge is 0.228 e. The van der Waals surface area contributed by atoms with Gasteiger partial charge in [0, 0.05) is 61.0 Å². The van der Waals surface area contributed by atoms with E-state index >= 15 is 0 Å². The van der Waals surface area contributed by atoms with E-state index in [0.29, 0.717) is 6.42 Å². The highest BCUT2D eigenvalue weighted by molar-refractivity contribution is 5.96. The van der Waals surface area contributed by atoms with Crippen LogP contribution in [0.25, 0.3) is 16.5 Å². The second-order valence-electron chi connectivity index (χ2n) is 8.07. The van der Waals surface area contributed by atoms with E-state index < -0.39 is 0 Å². The molecule has 0 saturated carbocycles. The van der Waals surface area contributed by atoms with E-state index in [4.69, 9.17) is 4.74 Å². The molecule has 0 radical (unpaired) electrons. The Hall–Kier alpha value is -3.05. The van der Waals surface area contributed by atoms with Crippen molar-refractivity contribution in [2.75, 3.05) is 38.2 Å². The minimum absolute atomic E-state index is 0.235. The lowest BCUT2D eigenvalue weighted by Crippen LogP contribution is -2.35. The van der Waals surface area contributed by atoms with Crippen molar-refractivity contribution in [3.63, 3.8) is 0 Å². The van der Waals surface area contributed by atoms with Gasteiger partial charge in [-0.25, -0.2) is 0 Å². The normalized spacial score (nSPS) is 16.6. The summed E-state index contributed by atoms with van der Waals surface area (Å²) in [6.45, 7) is 3.48. The summed E-state index contributed by atoms with van der Waals surface area (Å²) in [5.41, 5.74) is 6.13. The number of ether oxygens (including phenoxy) is 1. The van der Waals surface area contributed by atoms with Crippen molar-refractivity contribution in [1.82, 2.24) is 9.88 Å². The van der Waals surface area contributed by atoms with Gasteiger partial charge in [0.2, 0.25) is 5.91 Å². The highest BCUT2D eigenvalue weighted by Gasteiger charge is 2.24. The Bertz CT molecular complexity index is 1110. The number of aromatic nitrogens is 1. The molecule has 5 rings (SSSR count). The van der Waals surface area contributed by atoms with Crippen molar-refractivity contribution < 1.29 is 9.53 Å². The van der Waals surface area contributed by atoms with Crippen molar-refractivity contribution in [3.8, 4) is 5.75 Å². The van der Waals surface area contributed by atoms with Gasteiger partial charge in [-0.05, 0) is 48.2 Å². The van der Waals surface area contributed by atoms with E-state index in [0.717, 1.165) is 56.0 Å². The number of anilines is 1. The number of fused-ring (bicyclic) bond motifs is 2. The van der Waals surface area contributed by atoms with E-state index in [1.54, 1.807) is 7.11 Å². The van der Waals surface area contributed by atoms with E-state index in [1.165, 1.54) is 22.1 Å². The number of nitrogens with one attached hydrogen (secondary N) is 1. The van der Waals surface area contributed by atoms with Gasteiger partial charge in [-0.1, -0.05) is 24.3 Å². The minimum Gasteiger partial charge on any atom is -0.497 e. The third-order valence-corrected chi connectivity index (χ3v) is 6.36. The first-order chi connectivity index (χ1) is 14.7. The number of methoxy groups -OCH3 is 1. The molecule has 0 bridgehead atoms. The van der Waals surface area contributed by atoms with Crippen LogP contribution in [0.3, 0.4) is 0 Å². The average molecular weight is 402 g/mol. The Balaban J connectivity index is 1.22. The van der Waals surface area contributed by atoms with Gasteiger partial charge in [-0.2, -0.15) is 0 Å². The second-order valence-corrected chi connectivity index (χ2v) is 8.07. The molecule has 5 heteroatoms. The second kappa shape index (κ2) is 8.00. The van der Waals surface area contributed by atoms with Gasteiger partial charge >= 0.3 is 0 Å². The van der Waals surface area contributed by atoms with Gasteiger partial charge in [0.05, 0.1) is 7.11 Å². The molecule has 1 N–H and O–H groups in total. The number of hydrogen-bond donors (Lipinski definition) is 1. The fraction of sp³-hybridized carbons (Fsp3) is 0.320.